The Labute approximate surface area is 138 Å². The molecule has 0 radical (unpaired) electrons. The van der Waals surface area contributed by atoms with Crippen molar-refractivity contribution < 1.29 is 24.6 Å². The Kier molecular flexibility index (Phi) is 5.89. The van der Waals surface area contributed by atoms with Gasteiger partial charge in [0, 0.05) is 5.56 Å². The van der Waals surface area contributed by atoms with Gasteiger partial charge in [-0.2, -0.15) is 0 Å². The molecule has 7 nitrogen and oxygen atoms in total. The fraction of sp³-hybridized carbons (Fsp3) is 0.176. The number of amides is 2. The van der Waals surface area contributed by atoms with Crippen LogP contribution in [0.2, 0.25) is 0 Å². The van der Waals surface area contributed by atoms with Crippen molar-refractivity contribution in [2.75, 3.05) is 0 Å². The molecule has 24 heavy (non-hydrogen) atoms. The Bertz CT molecular complexity index is 686. The number of ether oxygens (including phenoxy) is 1. The summed E-state index contributed by atoms with van der Waals surface area (Å²) in [4.78, 5) is 23.5. The smallest absolute Gasteiger partial charge is 0.268 e. The third kappa shape index (κ3) is 4.55. The largest absolute Gasteiger partial charge is 0.457 e. The highest BCUT2D eigenvalue weighted by Gasteiger charge is 2.25. The number of carbonyl (C=O) groups is 2. The van der Waals surface area contributed by atoms with Crippen LogP contribution in [0, 0.1) is 0 Å². The number of para-hydroxylation sites is 1. The average molecular weight is 330 g/mol. The minimum absolute atomic E-state index is 0.284. The normalized spacial score (nSPS) is 12.8. The van der Waals surface area contributed by atoms with Crippen LogP contribution in [0.15, 0.2) is 54.6 Å². The van der Waals surface area contributed by atoms with Gasteiger partial charge in [0.1, 0.15) is 17.5 Å². The van der Waals surface area contributed by atoms with E-state index in [4.69, 9.17) is 9.94 Å². The average Bonchev–Trinajstić information content (AvgIpc) is 2.60. The van der Waals surface area contributed by atoms with E-state index in [1.54, 1.807) is 24.3 Å². The van der Waals surface area contributed by atoms with E-state index in [0.29, 0.717) is 11.5 Å². The Hall–Kier alpha value is -2.90. The van der Waals surface area contributed by atoms with Crippen LogP contribution in [-0.2, 0) is 4.79 Å². The molecule has 2 amide bonds. The molecule has 0 saturated carbocycles. The van der Waals surface area contributed by atoms with Crippen LogP contribution in [0.4, 0.5) is 0 Å². The number of hydroxylamine groups is 1. The molecular formula is C17H18N2O5. The minimum Gasteiger partial charge on any atom is -0.457 e. The number of rotatable bonds is 6. The molecule has 0 fully saturated rings. The van der Waals surface area contributed by atoms with E-state index >= 15 is 0 Å². The predicted molar refractivity (Wildman–Crippen MR) is 85.8 cm³/mol. The molecule has 0 saturated heterocycles. The zero-order valence-corrected chi connectivity index (χ0v) is 13.0. The molecule has 126 valence electrons. The zero-order chi connectivity index (χ0) is 17.5. The number of hydrogen-bond donors (Lipinski definition) is 4. The summed E-state index contributed by atoms with van der Waals surface area (Å²) in [6, 6.07) is 14.2. The van der Waals surface area contributed by atoms with Crippen molar-refractivity contribution in [3.05, 3.63) is 60.2 Å². The van der Waals surface area contributed by atoms with Crippen LogP contribution in [-0.4, -0.2) is 34.3 Å². The predicted octanol–water partition coefficient (Wildman–Crippen LogP) is 1.46. The lowest BCUT2D eigenvalue weighted by Gasteiger charge is -2.19. The van der Waals surface area contributed by atoms with Crippen LogP contribution >= 0.6 is 0 Å². The topological polar surface area (TPSA) is 108 Å². The van der Waals surface area contributed by atoms with Gasteiger partial charge in [-0.3, -0.25) is 14.8 Å². The second kappa shape index (κ2) is 8.09. The summed E-state index contributed by atoms with van der Waals surface area (Å²) in [5, 5.41) is 20.5. The molecular weight excluding hydrogens is 312 g/mol. The van der Waals surface area contributed by atoms with Crippen LogP contribution in [0.1, 0.15) is 17.3 Å². The number of hydrogen-bond acceptors (Lipinski definition) is 5. The molecule has 0 aliphatic carbocycles. The number of nitrogens with one attached hydrogen (secondary N) is 2. The maximum atomic E-state index is 12.1. The van der Waals surface area contributed by atoms with Crippen molar-refractivity contribution in [3.8, 4) is 11.5 Å². The fourth-order valence-corrected chi connectivity index (χ4v) is 2.00. The highest BCUT2D eigenvalue weighted by atomic mass is 16.5. The first kappa shape index (κ1) is 17.5. The molecule has 0 aliphatic heterocycles. The first-order chi connectivity index (χ1) is 11.5. The van der Waals surface area contributed by atoms with Gasteiger partial charge in [0.2, 0.25) is 0 Å². The van der Waals surface area contributed by atoms with Gasteiger partial charge in [-0.1, -0.05) is 18.2 Å². The fourth-order valence-electron chi connectivity index (χ4n) is 2.00. The van der Waals surface area contributed by atoms with E-state index in [0.717, 1.165) is 0 Å². The van der Waals surface area contributed by atoms with Crippen molar-refractivity contribution in [1.82, 2.24) is 10.8 Å². The minimum atomic E-state index is -1.26. The highest BCUT2D eigenvalue weighted by Crippen LogP contribution is 2.21. The van der Waals surface area contributed by atoms with Gasteiger partial charge in [0.05, 0.1) is 6.10 Å². The molecule has 0 aromatic heterocycles. The third-order valence-electron chi connectivity index (χ3n) is 3.26. The Morgan fingerprint density at radius 3 is 2.12 bits per heavy atom. The van der Waals surface area contributed by atoms with E-state index in [1.165, 1.54) is 24.5 Å². The SMILES string of the molecule is C[C@@H](O)[C@H](NC(=O)c1ccc(Oc2ccccc2)cc1)C(=O)NO. The molecule has 2 aromatic rings. The first-order valence-corrected chi connectivity index (χ1v) is 7.27. The lowest BCUT2D eigenvalue weighted by Crippen LogP contribution is -2.51. The molecule has 2 atom stereocenters. The Morgan fingerprint density at radius 1 is 1.00 bits per heavy atom. The summed E-state index contributed by atoms with van der Waals surface area (Å²) in [5.74, 6) is -0.237. The maximum Gasteiger partial charge on any atom is 0.268 e. The number of carbonyl (C=O) groups excluding carboxylic acids is 2. The van der Waals surface area contributed by atoms with Crippen molar-refractivity contribution in [2.24, 2.45) is 0 Å². The van der Waals surface area contributed by atoms with Gasteiger partial charge in [-0.25, -0.2) is 5.48 Å². The molecule has 2 aromatic carbocycles. The second-order valence-electron chi connectivity index (χ2n) is 5.11. The standard InChI is InChI=1S/C17H18N2O5/c1-11(20)15(17(22)19-23)18-16(21)12-7-9-14(10-8-12)24-13-5-3-2-4-6-13/h2-11,15,20,23H,1H3,(H,18,21)(H,19,22)/t11-,15+/m1/s1. The van der Waals surface area contributed by atoms with Crippen LogP contribution < -0.4 is 15.5 Å². The van der Waals surface area contributed by atoms with Crippen LogP contribution in [0.5, 0.6) is 11.5 Å². The zero-order valence-electron chi connectivity index (χ0n) is 13.0. The maximum absolute atomic E-state index is 12.1. The van der Waals surface area contributed by atoms with Gasteiger partial charge in [-0.15, -0.1) is 0 Å². The Morgan fingerprint density at radius 2 is 1.58 bits per heavy atom. The van der Waals surface area contributed by atoms with Crippen LogP contribution in [0.25, 0.3) is 0 Å². The summed E-state index contributed by atoms with van der Waals surface area (Å²) in [6.07, 6.45) is -1.17. The van der Waals surface area contributed by atoms with E-state index in [1.807, 2.05) is 18.2 Å². The summed E-state index contributed by atoms with van der Waals surface area (Å²) < 4.78 is 5.62. The molecule has 7 heteroatoms. The molecule has 2 rings (SSSR count). The van der Waals surface area contributed by atoms with E-state index in [2.05, 4.69) is 5.32 Å². The van der Waals surface area contributed by atoms with E-state index in [-0.39, 0.29) is 5.56 Å². The highest BCUT2D eigenvalue weighted by molar-refractivity contribution is 5.97. The summed E-state index contributed by atoms with van der Waals surface area (Å²) in [5.41, 5.74) is 1.69. The number of aliphatic hydroxyl groups excluding tert-OH is 1. The summed E-state index contributed by atoms with van der Waals surface area (Å²) in [6.45, 7) is 1.33. The van der Waals surface area contributed by atoms with Gasteiger partial charge >= 0.3 is 0 Å². The molecule has 0 spiro atoms. The van der Waals surface area contributed by atoms with Crippen LogP contribution in [0.3, 0.4) is 0 Å². The van der Waals surface area contributed by atoms with Gasteiger partial charge < -0.3 is 15.2 Å². The third-order valence-corrected chi connectivity index (χ3v) is 3.26. The molecule has 0 bridgehead atoms. The Balaban J connectivity index is 2.04. The quantitative estimate of drug-likeness (QED) is 0.474. The van der Waals surface area contributed by atoms with Gasteiger partial charge in [-0.05, 0) is 43.3 Å². The van der Waals surface area contributed by atoms with Crippen molar-refractivity contribution in [2.45, 2.75) is 19.1 Å². The number of benzene rings is 2. The van der Waals surface area contributed by atoms with Crippen molar-refractivity contribution in [3.63, 3.8) is 0 Å². The summed E-state index contributed by atoms with van der Waals surface area (Å²) >= 11 is 0. The summed E-state index contributed by atoms with van der Waals surface area (Å²) in [7, 11) is 0. The first-order valence-electron chi connectivity index (χ1n) is 7.27. The van der Waals surface area contributed by atoms with Crippen molar-refractivity contribution >= 4 is 11.8 Å². The molecule has 0 aliphatic rings. The second-order valence-corrected chi connectivity index (χ2v) is 5.11. The van der Waals surface area contributed by atoms with Gasteiger partial charge in [0.15, 0.2) is 0 Å². The lowest BCUT2D eigenvalue weighted by atomic mass is 10.1. The van der Waals surface area contributed by atoms with Gasteiger partial charge in [0.25, 0.3) is 11.8 Å². The van der Waals surface area contributed by atoms with E-state index in [9.17, 15) is 14.7 Å². The molecule has 4 N–H and O–H groups in total. The number of aliphatic hydroxyl groups is 1. The lowest BCUT2D eigenvalue weighted by molar-refractivity contribution is -0.133. The molecule has 0 heterocycles. The van der Waals surface area contributed by atoms with Crippen molar-refractivity contribution in [1.29, 1.82) is 0 Å². The molecule has 0 unspecified atom stereocenters. The van der Waals surface area contributed by atoms with E-state index < -0.39 is 24.0 Å². The monoisotopic (exact) mass is 330 g/mol.